The van der Waals surface area contributed by atoms with Crippen LogP contribution in [-0.2, 0) is 11.2 Å². The summed E-state index contributed by atoms with van der Waals surface area (Å²) in [6.45, 7) is 5.81. The standard InChI is InChI=1S/C11H16O2/c1-8(2)11(9(3)12)6-10-4-5-13-7-10/h4-5,7-8,11H,6H2,1-3H3. The lowest BCUT2D eigenvalue weighted by atomic mass is 9.87. The van der Waals surface area contributed by atoms with E-state index >= 15 is 0 Å². The van der Waals surface area contributed by atoms with Crippen LogP contribution in [-0.4, -0.2) is 5.78 Å². The number of furan rings is 1. The SMILES string of the molecule is CC(=O)C(Cc1ccoc1)C(C)C. The minimum absolute atomic E-state index is 0.123. The van der Waals surface area contributed by atoms with Crippen molar-refractivity contribution >= 4 is 5.78 Å². The van der Waals surface area contributed by atoms with Crippen molar-refractivity contribution in [2.75, 3.05) is 0 Å². The van der Waals surface area contributed by atoms with Gasteiger partial charge in [-0.25, -0.2) is 0 Å². The minimum atomic E-state index is 0.123. The average Bonchev–Trinajstić information content (AvgIpc) is 2.50. The zero-order chi connectivity index (χ0) is 9.84. The summed E-state index contributed by atoms with van der Waals surface area (Å²) in [6, 6.07) is 1.92. The molecule has 1 aromatic heterocycles. The van der Waals surface area contributed by atoms with Crippen LogP contribution >= 0.6 is 0 Å². The Morgan fingerprint density at radius 2 is 2.23 bits per heavy atom. The van der Waals surface area contributed by atoms with Gasteiger partial charge in [0.1, 0.15) is 5.78 Å². The summed E-state index contributed by atoms with van der Waals surface area (Å²) in [5, 5.41) is 0. The predicted molar refractivity (Wildman–Crippen MR) is 51.4 cm³/mol. The largest absolute Gasteiger partial charge is 0.472 e. The van der Waals surface area contributed by atoms with Crippen LogP contribution in [0.1, 0.15) is 26.3 Å². The Morgan fingerprint density at radius 1 is 1.54 bits per heavy atom. The van der Waals surface area contributed by atoms with E-state index in [4.69, 9.17) is 4.42 Å². The van der Waals surface area contributed by atoms with E-state index < -0.39 is 0 Å². The molecule has 0 N–H and O–H groups in total. The quantitative estimate of drug-likeness (QED) is 0.713. The first-order valence-corrected chi connectivity index (χ1v) is 4.62. The van der Waals surface area contributed by atoms with Gasteiger partial charge < -0.3 is 4.42 Å². The fourth-order valence-corrected chi connectivity index (χ4v) is 1.51. The summed E-state index contributed by atoms with van der Waals surface area (Å²) in [5.74, 6) is 0.779. The maximum absolute atomic E-state index is 11.3. The molecule has 0 saturated carbocycles. The number of carbonyl (C=O) groups is 1. The van der Waals surface area contributed by atoms with Crippen molar-refractivity contribution < 1.29 is 9.21 Å². The van der Waals surface area contributed by atoms with Crippen LogP contribution in [0.25, 0.3) is 0 Å². The lowest BCUT2D eigenvalue weighted by Crippen LogP contribution is -2.19. The molecule has 1 unspecified atom stereocenters. The lowest BCUT2D eigenvalue weighted by Gasteiger charge is -2.16. The highest BCUT2D eigenvalue weighted by Gasteiger charge is 2.18. The first kappa shape index (κ1) is 10.0. The van der Waals surface area contributed by atoms with Gasteiger partial charge in [-0.2, -0.15) is 0 Å². The lowest BCUT2D eigenvalue weighted by molar-refractivity contribution is -0.121. The third-order valence-corrected chi connectivity index (χ3v) is 2.36. The van der Waals surface area contributed by atoms with E-state index in [-0.39, 0.29) is 11.7 Å². The zero-order valence-corrected chi connectivity index (χ0v) is 8.41. The third-order valence-electron chi connectivity index (χ3n) is 2.36. The van der Waals surface area contributed by atoms with Gasteiger partial charge >= 0.3 is 0 Å². The molecule has 0 aliphatic carbocycles. The molecule has 0 bridgehead atoms. The molecule has 0 fully saturated rings. The summed E-state index contributed by atoms with van der Waals surface area (Å²) >= 11 is 0. The Balaban J connectivity index is 2.63. The monoisotopic (exact) mass is 180 g/mol. The summed E-state index contributed by atoms with van der Waals surface area (Å²) < 4.78 is 4.96. The molecule has 1 heterocycles. The molecule has 13 heavy (non-hydrogen) atoms. The number of hydrogen-bond donors (Lipinski definition) is 0. The molecule has 1 rings (SSSR count). The van der Waals surface area contributed by atoms with Gasteiger partial charge in [-0.3, -0.25) is 4.79 Å². The summed E-state index contributed by atoms with van der Waals surface area (Å²) in [7, 11) is 0. The summed E-state index contributed by atoms with van der Waals surface area (Å²) in [6.07, 6.45) is 4.15. The van der Waals surface area contributed by atoms with Gasteiger partial charge in [-0.15, -0.1) is 0 Å². The molecular formula is C11H16O2. The zero-order valence-electron chi connectivity index (χ0n) is 8.41. The van der Waals surface area contributed by atoms with Crippen molar-refractivity contribution in [1.82, 2.24) is 0 Å². The Labute approximate surface area is 78.9 Å². The second kappa shape index (κ2) is 4.26. The van der Waals surface area contributed by atoms with Crippen LogP contribution in [0.4, 0.5) is 0 Å². The second-order valence-corrected chi connectivity index (χ2v) is 3.80. The normalized spacial score (nSPS) is 13.2. The van der Waals surface area contributed by atoms with E-state index in [0.717, 1.165) is 12.0 Å². The topological polar surface area (TPSA) is 30.2 Å². The van der Waals surface area contributed by atoms with Crippen molar-refractivity contribution in [3.05, 3.63) is 24.2 Å². The van der Waals surface area contributed by atoms with Gasteiger partial charge in [0, 0.05) is 5.92 Å². The highest BCUT2D eigenvalue weighted by atomic mass is 16.3. The van der Waals surface area contributed by atoms with Gasteiger partial charge in [-0.05, 0) is 30.9 Å². The molecule has 1 atom stereocenters. The molecule has 0 amide bonds. The summed E-state index contributed by atoms with van der Waals surface area (Å²) in [4.78, 5) is 11.3. The van der Waals surface area contributed by atoms with Crippen LogP contribution in [0, 0.1) is 11.8 Å². The Kier molecular flexibility index (Phi) is 3.29. The predicted octanol–water partition coefficient (Wildman–Crippen LogP) is 2.68. The molecule has 1 aromatic rings. The average molecular weight is 180 g/mol. The molecule has 0 radical (unpaired) electrons. The van der Waals surface area contributed by atoms with E-state index in [1.807, 2.05) is 6.07 Å². The molecular weight excluding hydrogens is 164 g/mol. The molecule has 0 spiro atoms. The van der Waals surface area contributed by atoms with Crippen molar-refractivity contribution in [1.29, 1.82) is 0 Å². The molecule has 0 aliphatic heterocycles. The van der Waals surface area contributed by atoms with Gasteiger partial charge in [0.25, 0.3) is 0 Å². The number of hydrogen-bond acceptors (Lipinski definition) is 2. The van der Waals surface area contributed by atoms with Crippen molar-refractivity contribution in [3.8, 4) is 0 Å². The molecule has 2 heteroatoms. The Hall–Kier alpha value is -1.05. The van der Waals surface area contributed by atoms with Crippen LogP contribution in [0.15, 0.2) is 23.0 Å². The van der Waals surface area contributed by atoms with Gasteiger partial charge in [0.15, 0.2) is 0 Å². The molecule has 0 saturated heterocycles. The van der Waals surface area contributed by atoms with Crippen LogP contribution in [0.2, 0.25) is 0 Å². The Morgan fingerprint density at radius 3 is 2.62 bits per heavy atom. The number of carbonyl (C=O) groups excluding carboxylic acids is 1. The van der Waals surface area contributed by atoms with Crippen molar-refractivity contribution in [2.45, 2.75) is 27.2 Å². The van der Waals surface area contributed by atoms with Gasteiger partial charge in [0.05, 0.1) is 12.5 Å². The van der Waals surface area contributed by atoms with Crippen LogP contribution < -0.4 is 0 Å². The van der Waals surface area contributed by atoms with Crippen LogP contribution in [0.3, 0.4) is 0 Å². The highest BCUT2D eigenvalue weighted by Crippen LogP contribution is 2.18. The highest BCUT2D eigenvalue weighted by molar-refractivity contribution is 5.78. The van der Waals surface area contributed by atoms with E-state index in [1.165, 1.54) is 0 Å². The van der Waals surface area contributed by atoms with E-state index in [9.17, 15) is 4.79 Å². The fraction of sp³-hybridized carbons (Fsp3) is 0.545. The maximum atomic E-state index is 11.3. The Bertz CT molecular complexity index is 260. The first-order chi connectivity index (χ1) is 6.11. The van der Waals surface area contributed by atoms with Crippen LogP contribution in [0.5, 0.6) is 0 Å². The van der Waals surface area contributed by atoms with E-state index in [1.54, 1.807) is 19.5 Å². The molecule has 0 aromatic carbocycles. The first-order valence-electron chi connectivity index (χ1n) is 4.62. The van der Waals surface area contributed by atoms with Crippen molar-refractivity contribution in [3.63, 3.8) is 0 Å². The number of ketones is 1. The number of rotatable bonds is 4. The van der Waals surface area contributed by atoms with E-state index in [2.05, 4.69) is 13.8 Å². The number of Topliss-reactive ketones (excluding diaryl/α,β-unsaturated/α-hetero) is 1. The molecule has 2 nitrogen and oxygen atoms in total. The molecule has 0 aliphatic rings. The summed E-state index contributed by atoms with van der Waals surface area (Å²) in [5.41, 5.74) is 1.11. The minimum Gasteiger partial charge on any atom is -0.472 e. The smallest absolute Gasteiger partial charge is 0.133 e. The van der Waals surface area contributed by atoms with Crippen molar-refractivity contribution in [2.24, 2.45) is 11.8 Å². The third kappa shape index (κ3) is 2.72. The maximum Gasteiger partial charge on any atom is 0.133 e. The fourth-order valence-electron chi connectivity index (χ4n) is 1.51. The van der Waals surface area contributed by atoms with Gasteiger partial charge in [0.2, 0.25) is 0 Å². The second-order valence-electron chi connectivity index (χ2n) is 3.80. The van der Waals surface area contributed by atoms with Gasteiger partial charge in [-0.1, -0.05) is 13.8 Å². The molecule has 72 valence electrons. The van der Waals surface area contributed by atoms with E-state index in [0.29, 0.717) is 5.92 Å².